The molecule has 1 saturated carbocycles. The molecule has 2 aliphatic carbocycles. The Morgan fingerprint density at radius 2 is 2.22 bits per heavy atom. The number of anilines is 2. The molecular formula is C14H17N7O2. The van der Waals surface area contributed by atoms with Crippen LogP contribution in [0.5, 0.6) is 0 Å². The maximum atomic E-state index is 11.2. The largest absolute Gasteiger partial charge is 0.396 e. The zero-order valence-electron chi connectivity index (χ0n) is 12.4. The van der Waals surface area contributed by atoms with Crippen molar-refractivity contribution >= 4 is 22.9 Å². The number of fused-ring (bicyclic) bond motifs is 1. The van der Waals surface area contributed by atoms with E-state index in [0.717, 1.165) is 19.3 Å². The smallest absolute Gasteiger partial charge is 0.224 e. The number of hydrogen-bond donors (Lipinski definition) is 2. The van der Waals surface area contributed by atoms with Crippen LogP contribution >= 0.6 is 0 Å². The van der Waals surface area contributed by atoms with Gasteiger partial charge in [-0.2, -0.15) is 9.97 Å². The first-order valence-electron chi connectivity index (χ1n) is 7.63. The lowest BCUT2D eigenvalue weighted by Crippen LogP contribution is -2.20. The Morgan fingerprint density at radius 1 is 1.39 bits per heavy atom. The highest BCUT2D eigenvalue weighted by molar-refractivity contribution is 5.85. The van der Waals surface area contributed by atoms with Crippen LogP contribution in [0.1, 0.15) is 25.3 Å². The summed E-state index contributed by atoms with van der Waals surface area (Å²) in [6.07, 6.45) is 8.28. The number of nitrogens with two attached hydrogens (primary N) is 1. The van der Waals surface area contributed by atoms with E-state index < -0.39 is 0 Å². The summed E-state index contributed by atoms with van der Waals surface area (Å²) in [5.74, 6) is 0.587. The van der Waals surface area contributed by atoms with Gasteiger partial charge < -0.3 is 15.4 Å². The van der Waals surface area contributed by atoms with Gasteiger partial charge >= 0.3 is 0 Å². The lowest BCUT2D eigenvalue weighted by molar-refractivity contribution is 0.244. The molecule has 0 radical (unpaired) electrons. The molecule has 0 aromatic carbocycles. The van der Waals surface area contributed by atoms with Crippen LogP contribution in [-0.2, 0) is 0 Å². The number of nitrogens with zero attached hydrogens (tertiary/aromatic N) is 6. The summed E-state index contributed by atoms with van der Waals surface area (Å²) in [7, 11) is 0. The lowest BCUT2D eigenvalue weighted by Gasteiger charge is -2.15. The number of imidazole rings is 1. The summed E-state index contributed by atoms with van der Waals surface area (Å²) >= 11 is 0. The standard InChI is InChI=1S/C14H17N7O2/c15-14-17-12-11(13(18-14)21(19-23)9-3-4-9)16-7-20(12)10-2-1-8(5-10)6-22/h1-2,7-10,22H,3-6H2,(H2,15,17,18)/t8-,10+/m0/s1. The molecule has 2 heterocycles. The van der Waals surface area contributed by atoms with Crippen LogP contribution in [0.15, 0.2) is 23.8 Å². The molecule has 9 heteroatoms. The van der Waals surface area contributed by atoms with Gasteiger partial charge in [0.05, 0.1) is 23.7 Å². The van der Waals surface area contributed by atoms with Crippen LogP contribution in [0, 0.1) is 10.8 Å². The van der Waals surface area contributed by atoms with E-state index in [1.54, 1.807) is 6.33 Å². The molecule has 0 amide bonds. The number of nitroso groups, excluding NO2 is 1. The summed E-state index contributed by atoms with van der Waals surface area (Å²) in [4.78, 5) is 24.0. The topological polar surface area (TPSA) is 123 Å². The number of aliphatic hydroxyl groups excluding tert-OH is 1. The highest BCUT2D eigenvalue weighted by Crippen LogP contribution is 2.36. The summed E-state index contributed by atoms with van der Waals surface area (Å²) < 4.78 is 1.90. The van der Waals surface area contributed by atoms with E-state index in [1.807, 2.05) is 16.7 Å². The first-order valence-corrected chi connectivity index (χ1v) is 7.63. The van der Waals surface area contributed by atoms with Gasteiger partial charge in [0, 0.05) is 12.5 Å². The molecule has 1 fully saturated rings. The van der Waals surface area contributed by atoms with Crippen molar-refractivity contribution in [1.29, 1.82) is 0 Å². The van der Waals surface area contributed by atoms with Crippen LogP contribution in [0.4, 0.5) is 11.8 Å². The minimum Gasteiger partial charge on any atom is -0.396 e. The molecule has 23 heavy (non-hydrogen) atoms. The molecule has 2 aromatic heterocycles. The Balaban J connectivity index is 1.79. The van der Waals surface area contributed by atoms with E-state index in [9.17, 15) is 10.0 Å². The fourth-order valence-corrected chi connectivity index (χ4v) is 3.01. The van der Waals surface area contributed by atoms with Crippen LogP contribution in [0.25, 0.3) is 11.2 Å². The minimum atomic E-state index is 0.0536. The third-order valence-electron chi connectivity index (χ3n) is 4.36. The number of rotatable bonds is 5. The molecule has 0 bridgehead atoms. The molecule has 4 rings (SSSR count). The molecule has 0 unspecified atom stereocenters. The van der Waals surface area contributed by atoms with Crippen LogP contribution in [0.3, 0.4) is 0 Å². The summed E-state index contributed by atoms with van der Waals surface area (Å²) in [6, 6.07) is 0.123. The Labute approximate surface area is 131 Å². The van der Waals surface area contributed by atoms with Gasteiger partial charge in [0.25, 0.3) is 0 Å². The summed E-state index contributed by atoms with van der Waals surface area (Å²) in [5.41, 5.74) is 6.92. The van der Waals surface area contributed by atoms with Crippen LogP contribution in [0.2, 0.25) is 0 Å². The van der Waals surface area contributed by atoms with Gasteiger partial charge in [-0.1, -0.05) is 12.2 Å². The Hall–Kier alpha value is -2.55. The fraction of sp³-hybridized carbons (Fsp3) is 0.500. The van der Waals surface area contributed by atoms with Gasteiger partial charge in [-0.3, -0.25) is 0 Å². The molecule has 3 N–H and O–H groups in total. The monoisotopic (exact) mass is 315 g/mol. The van der Waals surface area contributed by atoms with E-state index in [0.29, 0.717) is 17.0 Å². The van der Waals surface area contributed by atoms with Crippen LogP contribution in [-0.4, -0.2) is 37.3 Å². The molecule has 0 spiro atoms. The second-order valence-electron chi connectivity index (χ2n) is 6.02. The maximum Gasteiger partial charge on any atom is 0.224 e. The van der Waals surface area contributed by atoms with Gasteiger partial charge in [0.1, 0.15) is 0 Å². The lowest BCUT2D eigenvalue weighted by atomic mass is 10.1. The Kier molecular flexibility index (Phi) is 3.22. The highest BCUT2D eigenvalue weighted by Gasteiger charge is 2.34. The van der Waals surface area contributed by atoms with Crippen LogP contribution < -0.4 is 10.7 Å². The van der Waals surface area contributed by atoms with Gasteiger partial charge in [-0.05, 0) is 19.3 Å². The molecule has 2 aliphatic rings. The van der Waals surface area contributed by atoms with Gasteiger partial charge in [0.2, 0.25) is 5.95 Å². The SMILES string of the molecule is Nc1nc(N(N=O)C2CC2)c2ncn([C@@H]3C=C[C@H](CO)C3)c2n1. The fourth-order valence-electron chi connectivity index (χ4n) is 3.01. The van der Waals surface area contributed by atoms with Crippen molar-refractivity contribution in [3.63, 3.8) is 0 Å². The zero-order chi connectivity index (χ0) is 16.0. The first-order chi connectivity index (χ1) is 11.2. The number of hydrogen-bond acceptors (Lipinski definition) is 7. The Morgan fingerprint density at radius 3 is 2.87 bits per heavy atom. The van der Waals surface area contributed by atoms with E-state index in [-0.39, 0.29) is 30.6 Å². The minimum absolute atomic E-state index is 0.0536. The predicted octanol–water partition coefficient (Wildman–Crippen LogP) is 1.17. The van der Waals surface area contributed by atoms with Gasteiger partial charge in [-0.25, -0.2) is 9.99 Å². The number of allylic oxidation sites excluding steroid dienone is 1. The third kappa shape index (κ3) is 2.33. The van der Waals surface area contributed by atoms with E-state index in [4.69, 9.17) is 5.73 Å². The molecule has 0 aliphatic heterocycles. The average Bonchev–Trinajstić information content (AvgIpc) is 3.11. The molecule has 2 aromatic rings. The maximum absolute atomic E-state index is 11.2. The predicted molar refractivity (Wildman–Crippen MR) is 84.4 cm³/mol. The van der Waals surface area contributed by atoms with Gasteiger partial charge in [0.15, 0.2) is 17.0 Å². The first kappa shape index (κ1) is 14.1. The van der Waals surface area contributed by atoms with E-state index in [1.165, 1.54) is 5.01 Å². The highest BCUT2D eigenvalue weighted by atomic mass is 16.3. The number of aromatic nitrogens is 4. The molecule has 9 nitrogen and oxygen atoms in total. The van der Waals surface area contributed by atoms with E-state index >= 15 is 0 Å². The van der Waals surface area contributed by atoms with Gasteiger partial charge in [-0.15, -0.1) is 4.91 Å². The van der Waals surface area contributed by atoms with Crippen molar-refractivity contribution in [2.75, 3.05) is 17.3 Å². The average molecular weight is 315 g/mol. The van der Waals surface area contributed by atoms with Crippen molar-refractivity contribution in [3.8, 4) is 0 Å². The van der Waals surface area contributed by atoms with Crippen molar-refractivity contribution in [1.82, 2.24) is 19.5 Å². The molecule has 2 atom stereocenters. The second kappa shape index (κ2) is 5.27. The second-order valence-corrected chi connectivity index (χ2v) is 6.02. The number of nitrogen functional groups attached to an aromatic ring is 1. The molecular weight excluding hydrogens is 298 g/mol. The normalized spacial score (nSPS) is 23.5. The third-order valence-corrected chi connectivity index (χ3v) is 4.36. The van der Waals surface area contributed by atoms with Crippen molar-refractivity contribution in [2.24, 2.45) is 11.2 Å². The van der Waals surface area contributed by atoms with Crippen molar-refractivity contribution in [3.05, 3.63) is 23.4 Å². The quantitative estimate of drug-likeness (QED) is 0.482. The number of aliphatic hydroxyl groups is 1. The van der Waals surface area contributed by atoms with Crippen molar-refractivity contribution in [2.45, 2.75) is 31.3 Å². The summed E-state index contributed by atoms with van der Waals surface area (Å²) in [5, 5.41) is 13.7. The molecule has 0 saturated heterocycles. The van der Waals surface area contributed by atoms with Crippen molar-refractivity contribution < 1.29 is 5.11 Å². The zero-order valence-corrected chi connectivity index (χ0v) is 12.4. The summed E-state index contributed by atoms with van der Waals surface area (Å²) in [6.45, 7) is 0.118. The van der Waals surface area contributed by atoms with E-state index in [2.05, 4.69) is 20.2 Å². The Bertz CT molecular complexity index is 783. The molecule has 120 valence electrons.